The van der Waals surface area contributed by atoms with Gasteiger partial charge in [-0.3, -0.25) is 0 Å². The van der Waals surface area contributed by atoms with Crippen molar-refractivity contribution in [1.29, 1.82) is 0 Å². The molecule has 0 saturated heterocycles. The fraction of sp³-hybridized carbons (Fsp3) is 0.0667. The van der Waals surface area contributed by atoms with E-state index in [9.17, 15) is 8.42 Å². The van der Waals surface area contributed by atoms with Gasteiger partial charge in [0, 0.05) is 22.3 Å². The number of sulfone groups is 1. The highest BCUT2D eigenvalue weighted by molar-refractivity contribution is 7.91. The van der Waals surface area contributed by atoms with Gasteiger partial charge in [0.1, 0.15) is 11.5 Å². The molecule has 0 aromatic heterocycles. The van der Waals surface area contributed by atoms with Crippen LogP contribution in [0.4, 0.5) is 0 Å². The van der Waals surface area contributed by atoms with Gasteiger partial charge in [0.05, 0.1) is 24.0 Å². The average Bonchev–Trinajstić information content (AvgIpc) is 2.91. The quantitative estimate of drug-likeness (QED) is 0.372. The summed E-state index contributed by atoms with van der Waals surface area (Å²) in [4.78, 5) is 0.157. The second-order valence-corrected chi connectivity index (χ2v) is 9.35. The second kappa shape index (κ2) is 10.7. The Kier molecular flexibility index (Phi) is 7.21. The molecule has 0 saturated carbocycles. The Balaban J connectivity index is 1.86. The first-order chi connectivity index (χ1) is 17.0. The zero-order valence-electron chi connectivity index (χ0n) is 19.3. The normalized spacial score (nSPS) is 10.3. The zero-order valence-corrected chi connectivity index (χ0v) is 20.1. The van der Waals surface area contributed by atoms with E-state index in [-0.39, 0.29) is 9.79 Å². The van der Waals surface area contributed by atoms with Gasteiger partial charge in [-0.05, 0) is 60.7 Å². The summed E-state index contributed by atoms with van der Waals surface area (Å²) in [7, 11) is -0.922. The van der Waals surface area contributed by atoms with Gasteiger partial charge in [0.2, 0.25) is 9.84 Å². The minimum Gasteiger partial charge on any atom is -0.497 e. The number of rotatable bonds is 4. The van der Waals surface area contributed by atoms with Crippen molar-refractivity contribution in [1.82, 2.24) is 0 Å². The summed E-state index contributed by atoms with van der Waals surface area (Å²) < 4.78 is 38.4. The van der Waals surface area contributed by atoms with Gasteiger partial charge in [-0.25, -0.2) is 8.42 Å². The predicted octanol–water partition coefficient (Wildman–Crippen LogP) is 5.34. The van der Waals surface area contributed by atoms with Crippen molar-refractivity contribution < 1.29 is 17.9 Å². The second-order valence-electron chi connectivity index (χ2n) is 7.46. The zero-order chi connectivity index (χ0) is 24.7. The maximum Gasteiger partial charge on any atom is 0.209 e. The highest BCUT2D eigenvalue weighted by Crippen LogP contribution is 2.30. The standard InChI is InChI=1S/C30H22O4S/c1-33-27-17-19-29(25(21-27)15-13-23-9-5-3-6-10-23)35(31,32)30-20-18-28(34-2)22-26(30)16-14-24-11-7-4-8-12-24/h3-12,17-22H,1-2H3. The summed E-state index contributed by atoms with van der Waals surface area (Å²) in [6, 6.07) is 28.3. The minimum atomic E-state index is -3.98. The van der Waals surface area contributed by atoms with E-state index >= 15 is 0 Å². The van der Waals surface area contributed by atoms with E-state index in [4.69, 9.17) is 9.47 Å². The first-order valence-electron chi connectivity index (χ1n) is 10.8. The average molecular weight is 479 g/mol. The molecule has 0 aliphatic carbocycles. The van der Waals surface area contributed by atoms with E-state index in [1.54, 1.807) is 24.3 Å². The summed E-state index contributed by atoms with van der Waals surface area (Å²) in [6.45, 7) is 0. The Morgan fingerprint density at radius 3 is 1.31 bits per heavy atom. The molecule has 0 bridgehead atoms. The van der Waals surface area contributed by atoms with Crippen LogP contribution in [-0.4, -0.2) is 22.6 Å². The summed E-state index contributed by atoms with van der Waals surface area (Å²) in [5.41, 5.74) is 2.23. The first kappa shape index (κ1) is 23.7. The molecule has 0 N–H and O–H groups in total. The van der Waals surface area contributed by atoms with Crippen LogP contribution in [0.5, 0.6) is 11.5 Å². The molecule has 35 heavy (non-hydrogen) atoms. The largest absolute Gasteiger partial charge is 0.497 e. The van der Waals surface area contributed by atoms with Gasteiger partial charge in [0.15, 0.2) is 0 Å². The molecule has 0 heterocycles. The van der Waals surface area contributed by atoms with Crippen molar-refractivity contribution in [2.75, 3.05) is 14.2 Å². The maximum atomic E-state index is 13.9. The van der Waals surface area contributed by atoms with Crippen molar-refractivity contribution in [2.24, 2.45) is 0 Å². The Morgan fingerprint density at radius 2 is 0.943 bits per heavy atom. The molecule has 172 valence electrons. The monoisotopic (exact) mass is 478 g/mol. The molecule has 4 rings (SSSR count). The van der Waals surface area contributed by atoms with Gasteiger partial charge >= 0.3 is 0 Å². The van der Waals surface area contributed by atoms with Crippen LogP contribution < -0.4 is 9.47 Å². The van der Waals surface area contributed by atoms with Crippen molar-refractivity contribution in [3.63, 3.8) is 0 Å². The smallest absolute Gasteiger partial charge is 0.209 e. The van der Waals surface area contributed by atoms with E-state index in [2.05, 4.69) is 23.7 Å². The summed E-state index contributed by atoms with van der Waals surface area (Å²) >= 11 is 0. The summed E-state index contributed by atoms with van der Waals surface area (Å²) in [5.74, 6) is 13.1. The lowest BCUT2D eigenvalue weighted by molar-refractivity contribution is 0.414. The molecule has 0 aliphatic rings. The van der Waals surface area contributed by atoms with Gasteiger partial charge in [-0.15, -0.1) is 0 Å². The Bertz CT molecular complexity index is 1450. The summed E-state index contributed by atoms with van der Waals surface area (Å²) in [6.07, 6.45) is 0. The Morgan fingerprint density at radius 1 is 0.543 bits per heavy atom. The van der Waals surface area contributed by atoms with E-state index in [1.807, 2.05) is 60.7 Å². The molecular weight excluding hydrogens is 456 g/mol. The number of hydrogen-bond donors (Lipinski definition) is 0. The van der Waals surface area contributed by atoms with Crippen LogP contribution in [0.3, 0.4) is 0 Å². The molecule has 0 aliphatic heterocycles. The summed E-state index contributed by atoms with van der Waals surface area (Å²) in [5, 5.41) is 0. The lowest BCUT2D eigenvalue weighted by Crippen LogP contribution is -2.07. The number of benzene rings is 4. The van der Waals surface area contributed by atoms with Crippen LogP contribution in [0.1, 0.15) is 22.3 Å². The third kappa shape index (κ3) is 5.55. The maximum absolute atomic E-state index is 13.9. The van der Waals surface area contributed by atoms with Crippen LogP contribution in [-0.2, 0) is 9.84 Å². The lowest BCUT2D eigenvalue weighted by Gasteiger charge is -2.11. The molecule has 0 amide bonds. The van der Waals surface area contributed by atoms with Crippen LogP contribution in [0.2, 0.25) is 0 Å². The fourth-order valence-electron chi connectivity index (χ4n) is 3.38. The molecule has 0 fully saturated rings. The van der Waals surface area contributed by atoms with Crippen LogP contribution in [0.15, 0.2) is 107 Å². The van der Waals surface area contributed by atoms with E-state index in [0.717, 1.165) is 11.1 Å². The molecule has 4 aromatic carbocycles. The van der Waals surface area contributed by atoms with Gasteiger partial charge < -0.3 is 9.47 Å². The molecule has 0 spiro atoms. The number of methoxy groups -OCH3 is 2. The highest BCUT2D eigenvalue weighted by atomic mass is 32.2. The van der Waals surface area contributed by atoms with Crippen molar-refractivity contribution in [2.45, 2.75) is 9.79 Å². The lowest BCUT2D eigenvalue weighted by atomic mass is 10.1. The van der Waals surface area contributed by atoms with Crippen molar-refractivity contribution in [3.8, 4) is 35.2 Å². The predicted molar refractivity (Wildman–Crippen MR) is 136 cm³/mol. The van der Waals surface area contributed by atoms with E-state index < -0.39 is 9.84 Å². The molecule has 4 aromatic rings. The van der Waals surface area contributed by atoms with Crippen molar-refractivity contribution in [3.05, 3.63) is 119 Å². The molecular formula is C30H22O4S. The number of ether oxygens (including phenoxy) is 2. The molecule has 0 radical (unpaired) electrons. The first-order valence-corrected chi connectivity index (χ1v) is 12.2. The van der Waals surface area contributed by atoms with Crippen LogP contribution >= 0.6 is 0 Å². The Hall–Kier alpha value is -4.45. The molecule has 4 nitrogen and oxygen atoms in total. The van der Waals surface area contributed by atoms with Crippen molar-refractivity contribution >= 4 is 9.84 Å². The molecule has 5 heteroatoms. The van der Waals surface area contributed by atoms with Crippen LogP contribution in [0, 0.1) is 23.7 Å². The van der Waals surface area contributed by atoms with Gasteiger partial charge in [0.25, 0.3) is 0 Å². The van der Waals surface area contributed by atoms with E-state index in [1.165, 1.54) is 26.4 Å². The molecule has 0 unspecified atom stereocenters. The fourth-order valence-corrected chi connectivity index (χ4v) is 4.91. The minimum absolute atomic E-state index is 0.0784. The third-order valence-corrected chi connectivity index (χ3v) is 7.05. The van der Waals surface area contributed by atoms with Gasteiger partial charge in [-0.1, -0.05) is 60.1 Å². The molecule has 0 atom stereocenters. The third-order valence-electron chi connectivity index (χ3n) is 5.18. The Labute approximate surface area is 206 Å². The highest BCUT2D eigenvalue weighted by Gasteiger charge is 2.24. The number of hydrogen-bond acceptors (Lipinski definition) is 4. The topological polar surface area (TPSA) is 52.6 Å². The van der Waals surface area contributed by atoms with Gasteiger partial charge in [-0.2, -0.15) is 0 Å². The van der Waals surface area contributed by atoms with Crippen LogP contribution in [0.25, 0.3) is 0 Å². The van der Waals surface area contributed by atoms with E-state index in [0.29, 0.717) is 22.6 Å². The SMILES string of the molecule is COc1ccc(S(=O)(=O)c2ccc(OC)cc2C#Cc2ccccc2)c(C#Cc2ccccc2)c1.